The molecule has 4 rings (SSSR count). The third-order valence-corrected chi connectivity index (χ3v) is 5.18. The maximum absolute atomic E-state index is 12.4. The van der Waals surface area contributed by atoms with Crippen LogP contribution in [0.2, 0.25) is 0 Å². The molecule has 1 aliphatic heterocycles. The fourth-order valence-electron chi connectivity index (χ4n) is 3.68. The highest BCUT2D eigenvalue weighted by Crippen LogP contribution is 2.35. The monoisotopic (exact) mass is 382 g/mol. The van der Waals surface area contributed by atoms with E-state index in [1.807, 2.05) is 12.2 Å². The van der Waals surface area contributed by atoms with Gasteiger partial charge in [-0.3, -0.25) is 24.6 Å². The Balaban J connectivity index is 1.34. The van der Waals surface area contributed by atoms with Crippen molar-refractivity contribution in [2.24, 2.45) is 11.8 Å². The summed E-state index contributed by atoms with van der Waals surface area (Å²) >= 11 is 0. The molecule has 9 heteroatoms. The Morgan fingerprint density at radius 2 is 1.75 bits per heavy atom. The smallest absolute Gasteiger partial charge is 0.269 e. The number of amides is 2. The number of carbonyl (C=O) groups excluding carboxylic acids is 2. The lowest BCUT2D eigenvalue weighted by molar-refractivity contribution is -0.384. The number of aromatic nitrogens is 2. The van der Waals surface area contributed by atoms with Crippen LogP contribution in [0.5, 0.6) is 0 Å². The minimum Gasteiger partial charge on any atom is -0.339 e. The number of likely N-dealkylation sites (tertiary alicyclic amines) is 1. The van der Waals surface area contributed by atoms with Crippen molar-refractivity contribution in [2.45, 2.75) is 25.7 Å². The number of fused-ring (bicyclic) bond motifs is 1. The summed E-state index contributed by atoms with van der Waals surface area (Å²) in [6.07, 6.45) is 6.17. The molecular weight excluding hydrogens is 364 g/mol. The van der Waals surface area contributed by atoms with E-state index in [1.54, 1.807) is 12.1 Å². The van der Waals surface area contributed by atoms with Crippen molar-refractivity contribution in [1.82, 2.24) is 15.0 Å². The van der Waals surface area contributed by atoms with Crippen LogP contribution in [0.25, 0.3) is 11.4 Å². The molecule has 1 fully saturated rings. The van der Waals surface area contributed by atoms with E-state index in [-0.39, 0.29) is 29.3 Å². The number of rotatable bonds is 6. The highest BCUT2D eigenvalue weighted by Gasteiger charge is 2.46. The van der Waals surface area contributed by atoms with E-state index >= 15 is 0 Å². The van der Waals surface area contributed by atoms with Crippen molar-refractivity contribution in [3.63, 3.8) is 0 Å². The molecule has 2 aromatic rings. The minimum absolute atomic E-state index is 0.0109. The van der Waals surface area contributed by atoms with Gasteiger partial charge >= 0.3 is 0 Å². The van der Waals surface area contributed by atoms with Crippen LogP contribution in [0.4, 0.5) is 5.69 Å². The van der Waals surface area contributed by atoms with Gasteiger partial charge in [0.05, 0.1) is 16.8 Å². The molecule has 2 heterocycles. The van der Waals surface area contributed by atoms with Crippen molar-refractivity contribution in [3.8, 4) is 11.4 Å². The van der Waals surface area contributed by atoms with Crippen LogP contribution < -0.4 is 0 Å². The molecule has 9 nitrogen and oxygen atoms in total. The molecular formula is C19H18N4O5. The van der Waals surface area contributed by atoms with Crippen molar-refractivity contribution in [1.29, 1.82) is 0 Å². The second-order valence-corrected chi connectivity index (χ2v) is 6.90. The number of benzene rings is 1. The minimum atomic E-state index is -0.474. The van der Waals surface area contributed by atoms with Gasteiger partial charge in [-0.05, 0) is 31.4 Å². The highest BCUT2D eigenvalue weighted by molar-refractivity contribution is 6.05. The third-order valence-electron chi connectivity index (χ3n) is 5.18. The topological polar surface area (TPSA) is 119 Å². The van der Waals surface area contributed by atoms with Gasteiger partial charge in [0.25, 0.3) is 5.69 Å². The molecule has 0 unspecified atom stereocenters. The van der Waals surface area contributed by atoms with Gasteiger partial charge in [0.2, 0.25) is 23.5 Å². The average Bonchev–Trinajstić information content (AvgIpc) is 3.27. The standard InChI is InChI=1S/C19H18N4O5/c24-18-14-4-1-2-5-15(14)19(25)22(18)11-3-6-16-20-17(21-28-16)12-7-9-13(10-8-12)23(26)27/h1-2,7-10,14-15H,3-6,11H2/t14-,15-/m0/s1. The van der Waals surface area contributed by atoms with E-state index in [0.29, 0.717) is 49.5 Å². The quantitative estimate of drug-likeness (QED) is 0.326. The SMILES string of the molecule is O=C1[C@H]2CC=CC[C@@H]2C(=O)N1CCCc1nc(-c2ccc([N+](=O)[O-])cc2)no1. The summed E-state index contributed by atoms with van der Waals surface area (Å²) in [7, 11) is 0. The predicted molar refractivity (Wildman–Crippen MR) is 96.8 cm³/mol. The lowest BCUT2D eigenvalue weighted by Gasteiger charge is -2.14. The Hall–Kier alpha value is -3.36. The van der Waals surface area contributed by atoms with E-state index in [9.17, 15) is 19.7 Å². The number of nitro benzene ring substituents is 1. The van der Waals surface area contributed by atoms with Crippen LogP contribution in [0.15, 0.2) is 40.9 Å². The zero-order valence-electron chi connectivity index (χ0n) is 15.0. The second-order valence-electron chi connectivity index (χ2n) is 6.90. The Labute approximate surface area is 160 Å². The lowest BCUT2D eigenvalue weighted by Crippen LogP contribution is -2.32. The highest BCUT2D eigenvalue weighted by atomic mass is 16.6. The summed E-state index contributed by atoms with van der Waals surface area (Å²) in [5.41, 5.74) is 0.602. The molecule has 28 heavy (non-hydrogen) atoms. The number of nitro groups is 1. The summed E-state index contributed by atoms with van der Waals surface area (Å²) in [5, 5.41) is 14.6. The first-order chi connectivity index (χ1) is 13.5. The molecule has 2 atom stereocenters. The van der Waals surface area contributed by atoms with Gasteiger partial charge in [-0.15, -0.1) is 0 Å². The van der Waals surface area contributed by atoms with Crippen molar-refractivity contribution < 1.29 is 19.0 Å². The molecule has 1 aliphatic carbocycles. The molecule has 0 radical (unpaired) electrons. The number of carbonyl (C=O) groups is 2. The number of non-ortho nitro benzene ring substituents is 1. The number of hydrogen-bond acceptors (Lipinski definition) is 7. The van der Waals surface area contributed by atoms with Gasteiger partial charge in [0.1, 0.15) is 0 Å². The predicted octanol–water partition coefficient (Wildman–Crippen LogP) is 2.53. The number of allylic oxidation sites excluding steroid dienone is 2. The Bertz CT molecular complexity index is 923. The van der Waals surface area contributed by atoms with Crippen LogP contribution in [0.1, 0.15) is 25.2 Å². The van der Waals surface area contributed by atoms with Crippen LogP contribution in [-0.4, -0.2) is 38.3 Å². The van der Waals surface area contributed by atoms with Gasteiger partial charge in [0.15, 0.2) is 0 Å². The molecule has 144 valence electrons. The van der Waals surface area contributed by atoms with Gasteiger partial charge in [0, 0.05) is 30.7 Å². The molecule has 0 spiro atoms. The Morgan fingerprint density at radius 3 is 2.36 bits per heavy atom. The van der Waals surface area contributed by atoms with E-state index in [2.05, 4.69) is 10.1 Å². The van der Waals surface area contributed by atoms with Gasteiger partial charge in [-0.25, -0.2) is 0 Å². The molecule has 1 aromatic carbocycles. The van der Waals surface area contributed by atoms with Gasteiger partial charge < -0.3 is 4.52 Å². The molecule has 2 amide bonds. The second kappa shape index (κ2) is 7.34. The number of hydrogen-bond donors (Lipinski definition) is 0. The molecule has 0 N–H and O–H groups in total. The summed E-state index contributed by atoms with van der Waals surface area (Å²) < 4.78 is 5.22. The number of aryl methyl sites for hydroxylation is 1. The lowest BCUT2D eigenvalue weighted by atomic mass is 9.85. The average molecular weight is 382 g/mol. The number of imide groups is 1. The fraction of sp³-hybridized carbons (Fsp3) is 0.368. The molecule has 1 saturated heterocycles. The largest absolute Gasteiger partial charge is 0.339 e. The zero-order chi connectivity index (χ0) is 19.7. The summed E-state index contributed by atoms with van der Waals surface area (Å²) in [6, 6.07) is 5.88. The number of nitrogens with zero attached hydrogens (tertiary/aromatic N) is 4. The van der Waals surface area contributed by atoms with Crippen molar-refractivity contribution >= 4 is 17.5 Å². The van der Waals surface area contributed by atoms with Gasteiger partial charge in [-0.1, -0.05) is 17.3 Å². The van der Waals surface area contributed by atoms with E-state index in [1.165, 1.54) is 17.0 Å². The third kappa shape index (κ3) is 3.30. The molecule has 0 saturated carbocycles. The summed E-state index contributed by atoms with van der Waals surface area (Å²) in [6.45, 7) is 0.333. The molecule has 0 bridgehead atoms. The van der Waals surface area contributed by atoms with Crippen LogP contribution in [0, 0.1) is 22.0 Å². The fourth-order valence-corrected chi connectivity index (χ4v) is 3.68. The van der Waals surface area contributed by atoms with Gasteiger partial charge in [-0.2, -0.15) is 4.98 Å². The van der Waals surface area contributed by atoms with Crippen molar-refractivity contribution in [2.75, 3.05) is 6.54 Å². The van der Waals surface area contributed by atoms with Crippen molar-refractivity contribution in [3.05, 3.63) is 52.4 Å². The molecule has 2 aliphatic rings. The Morgan fingerprint density at radius 1 is 1.11 bits per heavy atom. The first-order valence-corrected chi connectivity index (χ1v) is 9.12. The summed E-state index contributed by atoms with van der Waals surface area (Å²) in [5.74, 6) is 0.138. The Kier molecular flexibility index (Phi) is 4.72. The van der Waals surface area contributed by atoms with Crippen LogP contribution in [-0.2, 0) is 16.0 Å². The molecule has 1 aromatic heterocycles. The van der Waals surface area contributed by atoms with E-state index in [4.69, 9.17) is 4.52 Å². The first-order valence-electron chi connectivity index (χ1n) is 9.12. The van der Waals surface area contributed by atoms with Crippen LogP contribution in [0.3, 0.4) is 0 Å². The maximum atomic E-state index is 12.4. The van der Waals surface area contributed by atoms with E-state index < -0.39 is 4.92 Å². The normalized spacial score (nSPS) is 21.2. The zero-order valence-corrected chi connectivity index (χ0v) is 15.0. The first kappa shape index (κ1) is 18.0. The van der Waals surface area contributed by atoms with Crippen LogP contribution >= 0.6 is 0 Å². The maximum Gasteiger partial charge on any atom is 0.269 e. The van der Waals surface area contributed by atoms with E-state index in [0.717, 1.165) is 0 Å². The summed E-state index contributed by atoms with van der Waals surface area (Å²) in [4.78, 5) is 40.7.